The van der Waals surface area contributed by atoms with E-state index < -0.39 is 390 Å². The molecule has 2 amide bonds. The molecule has 0 saturated carbocycles. The average Bonchev–Trinajstić information content (AvgIpc) is 0.750. The average molecular weight is 2210 g/mol. The Morgan fingerprint density at radius 1 is 0.345 bits per heavy atom. The molecule has 8 saturated heterocycles. The summed E-state index contributed by atoms with van der Waals surface area (Å²) in [6.45, 7) is -6.80. The van der Waals surface area contributed by atoms with Crippen LogP contribution < -0.4 is 27.8 Å². The van der Waals surface area contributed by atoms with E-state index in [9.17, 15) is 145 Å². The minimum Gasteiger partial charge on any atom is -0.394 e. The van der Waals surface area contributed by atoms with Crippen LogP contribution in [0, 0.1) is 0 Å². The molecule has 8 aliphatic heterocycles. The molecule has 0 spiro atoms. The Bertz CT molecular complexity index is 3870. The van der Waals surface area contributed by atoms with E-state index in [-0.39, 0.29) is 6.42 Å². The normalized spacial score (nSPS) is 38.7. The van der Waals surface area contributed by atoms with Crippen LogP contribution in [-0.4, -0.2) is 496 Å². The third-order valence-corrected chi connectivity index (χ3v) is 31.5. The van der Waals surface area contributed by atoms with Crippen molar-refractivity contribution in [1.82, 2.24) is 10.6 Å². The van der Waals surface area contributed by atoms with Crippen LogP contribution in [0.1, 0.15) is 188 Å². The van der Waals surface area contributed by atoms with Crippen LogP contribution in [0.5, 0.6) is 0 Å². The molecule has 0 bridgehead atoms. The number of aliphatic hydroxyl groups excluding tert-OH is 21. The van der Waals surface area contributed by atoms with Gasteiger partial charge in [0.25, 0.3) is 0 Å². The maximum absolute atomic E-state index is 14.1. The zero-order chi connectivity index (χ0) is 109. The summed E-state index contributed by atoms with van der Waals surface area (Å²) in [5.41, 5.74) is 17.1. The molecule has 0 aliphatic carbocycles. The number of carbonyl (C=O) groups excluding carboxylic acids is 2. The number of aliphatic hydroxyl groups is 21. The van der Waals surface area contributed by atoms with Crippen molar-refractivity contribution in [3.63, 3.8) is 0 Å². The number of rotatable bonds is 68. The number of hydrogen-bond donors (Lipinski definition) is 29. The molecule has 8 fully saturated rings. The number of hydrogen-bond acceptors (Lipinski definition) is 49. The Labute approximate surface area is 860 Å². The fourth-order valence-corrected chi connectivity index (χ4v) is 21.2. The number of amides is 2. The van der Waals surface area contributed by atoms with Crippen LogP contribution in [0.15, 0.2) is 12.2 Å². The number of nitrogens with one attached hydrogen (secondary N) is 2. The largest absolute Gasteiger partial charge is 0.394 e. The molecule has 0 aromatic rings. The van der Waals surface area contributed by atoms with Crippen molar-refractivity contribution in [1.29, 1.82) is 0 Å². The van der Waals surface area contributed by atoms with Gasteiger partial charge in [-0.25, -0.2) is 0 Å². The molecule has 0 aromatic heterocycles. The highest BCUT2D eigenvalue weighted by atomic mass is 31.2. The van der Waals surface area contributed by atoms with E-state index in [1.807, 2.05) is 0 Å². The number of allylic oxidation sites excluding steroid dienone is 1. The predicted octanol–water partition coefficient (Wildman–Crippen LogP) is -6.54. The molecule has 32 N–H and O–H groups in total. The van der Waals surface area contributed by atoms with Crippen molar-refractivity contribution in [2.24, 2.45) is 17.2 Å². The van der Waals surface area contributed by atoms with Crippen LogP contribution in [-0.2, 0) is 117 Å². The van der Waals surface area contributed by atoms with Gasteiger partial charge in [0.05, 0.1) is 90.1 Å². The van der Waals surface area contributed by atoms with E-state index in [1.165, 1.54) is 63.9 Å². The van der Waals surface area contributed by atoms with Gasteiger partial charge >= 0.3 is 22.8 Å². The summed E-state index contributed by atoms with van der Waals surface area (Å²) in [5, 5.41) is 251. The lowest BCUT2D eigenvalue weighted by Gasteiger charge is -2.53. The summed E-state index contributed by atoms with van der Waals surface area (Å²) in [5.74, 6) is -1.48. The first-order chi connectivity index (χ1) is 70.6. The van der Waals surface area contributed by atoms with Gasteiger partial charge in [0.1, 0.15) is 195 Å². The summed E-state index contributed by atoms with van der Waals surface area (Å²) in [6.07, 6.45) is -66.4. The lowest BCUT2D eigenvalue weighted by Crippen LogP contribution is -2.71. The Hall–Kier alpha value is -2.51. The zero-order valence-electron chi connectivity index (χ0n) is 84.4. The van der Waals surface area contributed by atoms with E-state index in [0.29, 0.717) is 19.3 Å². The molecule has 54 nitrogen and oxygen atoms in total. The van der Waals surface area contributed by atoms with E-state index in [0.717, 1.165) is 97.5 Å². The number of methoxy groups -OCH3 is 1. The van der Waals surface area contributed by atoms with E-state index in [2.05, 4.69) is 24.5 Å². The smallest absolute Gasteiger partial charge is 0.329 e. The first-order valence-electron chi connectivity index (χ1n) is 51.7. The lowest BCUT2D eigenvalue weighted by molar-refractivity contribution is -0.426. The zero-order valence-corrected chi connectivity index (χ0v) is 87.1. The first-order valence-corrected chi connectivity index (χ1v) is 57.0. The molecule has 57 heteroatoms. The van der Waals surface area contributed by atoms with Crippen LogP contribution in [0.25, 0.3) is 0 Å². The van der Waals surface area contributed by atoms with Gasteiger partial charge in [-0.3, -0.25) is 23.3 Å². The second-order valence-corrected chi connectivity index (χ2v) is 44.8. The van der Waals surface area contributed by atoms with Crippen molar-refractivity contribution in [2.45, 2.75) is 445 Å². The van der Waals surface area contributed by atoms with Gasteiger partial charge in [-0.05, 0) is 19.3 Å². The lowest BCUT2D eigenvalue weighted by atomic mass is 9.94. The second kappa shape index (κ2) is 65.9. The first kappa shape index (κ1) is 131. The van der Waals surface area contributed by atoms with Crippen molar-refractivity contribution in [3.8, 4) is 0 Å². The molecule has 148 heavy (non-hydrogen) atoms. The Morgan fingerprint density at radius 2 is 0.649 bits per heavy atom. The van der Waals surface area contributed by atoms with E-state index in [1.54, 1.807) is 6.08 Å². The Kier molecular flexibility index (Phi) is 58.2. The molecule has 45 atom stereocenters. The molecular formula is C91H170N5O49P3. The molecule has 0 aromatic carbocycles. The summed E-state index contributed by atoms with van der Waals surface area (Å²) >= 11 is 0. The van der Waals surface area contributed by atoms with Gasteiger partial charge in [0, 0.05) is 40.1 Å². The van der Waals surface area contributed by atoms with E-state index in [4.69, 9.17) is 111 Å². The van der Waals surface area contributed by atoms with Crippen LogP contribution in [0.3, 0.4) is 0 Å². The van der Waals surface area contributed by atoms with Gasteiger partial charge in [-0.2, -0.15) is 0 Å². The van der Waals surface area contributed by atoms with Crippen molar-refractivity contribution in [3.05, 3.63) is 12.2 Å². The van der Waals surface area contributed by atoms with Gasteiger partial charge in [-0.15, -0.1) is 0 Å². The van der Waals surface area contributed by atoms with Crippen molar-refractivity contribution in [2.75, 3.05) is 105 Å². The van der Waals surface area contributed by atoms with Crippen molar-refractivity contribution >= 4 is 34.6 Å². The van der Waals surface area contributed by atoms with Crippen LogP contribution in [0.4, 0.5) is 0 Å². The highest BCUT2D eigenvalue weighted by molar-refractivity contribution is 7.53. The molecular weight excluding hydrogens is 2040 g/mol. The highest BCUT2D eigenvalue weighted by Crippen LogP contribution is 2.48. The Morgan fingerprint density at radius 3 is 1.06 bits per heavy atom. The van der Waals surface area contributed by atoms with Gasteiger partial charge in [-0.1, -0.05) is 167 Å². The number of unbranched alkanes of at least 4 members (excludes halogenated alkanes) is 23. The SMILES string of the molecule is CCCCCCCCCCCCC/C=C/[C@@H](O)[C@H](CO[C@@H]1O[C@H](COP(=O)(O)CCN)[C@@H](O[C@@H]2O[C@H](COP(=O)(O)CCN)[C@H](O)[C@H](O[C@H]3O[C@H](CO)[C@H](O)[C@H](O[C@H]4O[C@H](CO)[C@H](O)[C@H](O[C@H]5O[C@H](CO)[C@H](O)[C@H](O)[C@H]5O)[C@H]4O[C@H]4O[C@H](CO)[C@@H](O)[C@H](O)[C@H]4NC(C)=O)[C@H]3O[C@H]3O[C@H](CO)[C@H](O)[C@H](OC)[C@H]3O)[C@H]2O[C@H]2O[C@H](COP(=O)(O)CCN)[C@H](O)[C@H](O)[C@H]2O)[C@H](O)[C@H]1O)NC(=O)CCCCCCCCCCCCCCC. The third kappa shape index (κ3) is 38.7. The number of carbonyl (C=O) groups is 2. The Balaban J connectivity index is 1.26. The maximum atomic E-state index is 14.1. The van der Waals surface area contributed by atoms with Gasteiger partial charge < -0.3 is 244 Å². The van der Waals surface area contributed by atoms with Crippen molar-refractivity contribution < 1.29 is 239 Å². The highest BCUT2D eigenvalue weighted by Gasteiger charge is 2.63. The van der Waals surface area contributed by atoms with Gasteiger partial charge in [0.15, 0.2) is 50.3 Å². The molecule has 0 radical (unpaired) electrons. The monoisotopic (exact) mass is 2210 g/mol. The summed E-state index contributed by atoms with van der Waals surface area (Å²) in [6, 6.07) is -3.32. The van der Waals surface area contributed by atoms with Gasteiger partial charge in [0.2, 0.25) is 11.8 Å². The number of ether oxygens (including phenoxy) is 17. The topological polar surface area (TPSA) is 858 Å². The summed E-state index contributed by atoms with van der Waals surface area (Å²) in [7, 11) is -13.6. The fourth-order valence-electron chi connectivity index (χ4n) is 18.7. The summed E-state index contributed by atoms with van der Waals surface area (Å²) in [4.78, 5) is 60.4. The summed E-state index contributed by atoms with van der Waals surface area (Å²) < 4.78 is 164. The minimum atomic E-state index is -4.99. The molecule has 8 heterocycles. The molecule has 3 unspecified atom stereocenters. The quantitative estimate of drug-likeness (QED) is 0.0153. The van der Waals surface area contributed by atoms with Crippen LogP contribution >= 0.6 is 22.8 Å². The fraction of sp³-hybridized carbons (Fsp3) is 0.956. The minimum absolute atomic E-state index is 0.00480. The second-order valence-electron chi connectivity index (χ2n) is 38.8. The third-order valence-electron chi connectivity index (χ3n) is 27.3. The maximum Gasteiger partial charge on any atom is 0.329 e. The number of nitrogens with two attached hydrogens (primary N) is 3. The molecule has 868 valence electrons. The van der Waals surface area contributed by atoms with E-state index >= 15 is 0 Å². The predicted molar refractivity (Wildman–Crippen MR) is 511 cm³/mol. The molecule has 8 rings (SSSR count). The standard InChI is InChI=1S/C91H170N5O49P3/c1-5-7-9-11-13-15-17-19-21-23-25-27-29-31-50(103)49(96-59(104)32-30-28-26-24-22-20-18-16-14-12-10-8-6-2)44-127-85-74(118)71(115)76(58(138-85)47-130-148(124,125)38-35-94)139-91-83(144-87-73(117)70(114)63(107)56(136-87)45-128-146(120,121)36-33-92)80(67(111)57(137-91)46-129-147(122,123)37-34-93)142-90-82(145-88-75(119)77(126-4)64(108)53(41-99)133-88)79(66(110)55(43-101)135-90)141-89-81(143-84-60(95-48(3)102)68(112)61(105)51(39-97)131-84)78(65(109)54(42-100)134-89)140-86-72(116)69(113)62(106)52(40-98)132-86/h29,31,49-58,60-91,97-101,103,105-119H,5-28,30,32-47,92-94H2,1-4H3,(H,95,102)(H,96,104)(H,120,121)(H,122,123)(H,124,125)/b31-29+/t49-,50+,51+,52+,53+,54+,55+,56+,57+,58+,60+,61+,62-,63-,64-,65-,66-,67-,68+,69-,70-,71+,72+,73+,74+,75+,76+,77-,78-,79-,80-,81+,82+,83+,84+,85+,86+,87+,88+,89+,90+,91-/m0/s1. The molecule has 8 aliphatic rings. The van der Waals surface area contributed by atoms with Crippen LogP contribution in [0.2, 0.25) is 0 Å².